The van der Waals surface area contributed by atoms with E-state index in [1.165, 1.54) is 4.57 Å². The van der Waals surface area contributed by atoms with Crippen LogP contribution in [0.2, 0.25) is 5.02 Å². The second-order valence-electron chi connectivity index (χ2n) is 6.61. The first-order valence-electron chi connectivity index (χ1n) is 9.11. The Labute approximate surface area is 176 Å². The normalized spacial score (nSPS) is 11.8. The number of hydrogen-bond donors (Lipinski definition) is 4. The van der Waals surface area contributed by atoms with Crippen molar-refractivity contribution in [3.05, 3.63) is 63.7 Å². The minimum Gasteiger partial charge on any atom is -0.481 e. The Morgan fingerprint density at radius 3 is 2.70 bits per heavy atom. The van der Waals surface area contributed by atoms with Crippen LogP contribution < -0.4 is 21.9 Å². The molecule has 10 heteroatoms. The van der Waals surface area contributed by atoms with Gasteiger partial charge in [0.05, 0.1) is 34.1 Å². The van der Waals surface area contributed by atoms with Crippen LogP contribution in [0.4, 0.5) is 10.5 Å². The molecule has 9 nitrogen and oxygen atoms in total. The number of carbonyl (C=O) groups excluding carboxylic acids is 1. The number of nitrogens with one attached hydrogen (secondary N) is 2. The Morgan fingerprint density at radius 1 is 1.27 bits per heavy atom. The number of nitrogens with zero attached hydrogens (tertiary/aromatic N) is 2. The Bertz CT molecular complexity index is 1180. The number of hydrogen-bond acceptors (Lipinski definition) is 5. The largest absolute Gasteiger partial charge is 0.481 e. The minimum absolute atomic E-state index is 0.0117. The van der Waals surface area contributed by atoms with Crippen LogP contribution in [0.3, 0.4) is 0 Å². The van der Waals surface area contributed by atoms with Crippen LogP contribution in [0.5, 0.6) is 0 Å². The van der Waals surface area contributed by atoms with Gasteiger partial charge in [-0.25, -0.2) is 9.78 Å². The second-order valence-corrected chi connectivity index (χ2v) is 7.02. The van der Waals surface area contributed by atoms with Gasteiger partial charge in [0.2, 0.25) is 0 Å². The lowest BCUT2D eigenvalue weighted by Crippen LogP contribution is -2.31. The first kappa shape index (κ1) is 21.3. The number of carbonyl (C=O) groups is 2. The molecule has 2 aromatic carbocycles. The van der Waals surface area contributed by atoms with E-state index in [-0.39, 0.29) is 28.9 Å². The molecule has 0 bridgehead atoms. The highest BCUT2D eigenvalue weighted by Crippen LogP contribution is 2.23. The van der Waals surface area contributed by atoms with E-state index in [1.54, 1.807) is 49.4 Å². The van der Waals surface area contributed by atoms with Crippen molar-refractivity contribution in [3.63, 3.8) is 0 Å². The summed E-state index contributed by atoms with van der Waals surface area (Å²) in [7, 11) is 0. The summed E-state index contributed by atoms with van der Waals surface area (Å²) in [6.07, 6.45) is -0.190. The lowest BCUT2D eigenvalue weighted by Gasteiger charge is -2.17. The van der Waals surface area contributed by atoms with Crippen molar-refractivity contribution >= 4 is 40.2 Å². The number of carboxylic acid groups (broad SMARTS) is 1. The Hall–Kier alpha value is -3.43. The van der Waals surface area contributed by atoms with Gasteiger partial charge in [-0.3, -0.25) is 14.2 Å². The number of benzene rings is 2. The fourth-order valence-corrected chi connectivity index (χ4v) is 3.19. The third-order valence-corrected chi connectivity index (χ3v) is 4.58. The van der Waals surface area contributed by atoms with E-state index >= 15 is 0 Å². The molecule has 3 rings (SSSR count). The van der Waals surface area contributed by atoms with Crippen molar-refractivity contribution in [3.8, 4) is 5.69 Å². The maximum absolute atomic E-state index is 13.2. The number of aliphatic carboxylic acids is 1. The van der Waals surface area contributed by atoms with Crippen LogP contribution in [0, 0.1) is 0 Å². The maximum atomic E-state index is 13.2. The molecule has 0 radical (unpaired) electrons. The quantitative estimate of drug-likeness (QED) is 0.475. The predicted octanol–water partition coefficient (Wildman–Crippen LogP) is 2.66. The zero-order chi connectivity index (χ0) is 21.8. The molecular formula is C20H20ClN5O4. The van der Waals surface area contributed by atoms with E-state index in [9.17, 15) is 14.4 Å². The zero-order valence-electron chi connectivity index (χ0n) is 16.1. The van der Waals surface area contributed by atoms with Crippen molar-refractivity contribution < 1.29 is 14.7 Å². The van der Waals surface area contributed by atoms with Gasteiger partial charge in [-0.1, -0.05) is 23.7 Å². The smallest absolute Gasteiger partial charge is 0.319 e. The summed E-state index contributed by atoms with van der Waals surface area (Å²) in [6.45, 7) is 1.70. The fourth-order valence-electron chi connectivity index (χ4n) is 2.94. The van der Waals surface area contributed by atoms with Crippen LogP contribution in [-0.2, 0) is 4.79 Å². The molecule has 30 heavy (non-hydrogen) atoms. The molecule has 0 aliphatic rings. The van der Waals surface area contributed by atoms with Crippen molar-refractivity contribution in [1.82, 2.24) is 14.9 Å². The fraction of sp³-hybridized carbons (Fsp3) is 0.200. The molecule has 0 fully saturated rings. The highest BCUT2D eigenvalue weighted by Gasteiger charge is 2.17. The van der Waals surface area contributed by atoms with Crippen molar-refractivity contribution in [1.29, 1.82) is 0 Å². The Morgan fingerprint density at radius 2 is 2.00 bits per heavy atom. The zero-order valence-corrected chi connectivity index (χ0v) is 16.8. The molecule has 0 saturated carbocycles. The van der Waals surface area contributed by atoms with E-state index < -0.39 is 18.0 Å². The molecular weight excluding hydrogens is 410 g/mol. The Kier molecular flexibility index (Phi) is 6.34. The molecule has 156 valence electrons. The molecule has 5 N–H and O–H groups in total. The number of aromatic nitrogens is 2. The molecule has 0 spiro atoms. The van der Waals surface area contributed by atoms with E-state index in [1.807, 2.05) is 0 Å². The SMILES string of the molecule is CC(N)c1nc2cccc(Cl)c2c(=O)n1-c1cccc(NC(=O)NCCC(=O)O)c1. The number of carboxylic acids is 1. The van der Waals surface area contributed by atoms with Gasteiger partial charge in [-0.15, -0.1) is 0 Å². The number of anilines is 1. The first-order valence-corrected chi connectivity index (χ1v) is 9.49. The molecule has 2 amide bonds. The number of rotatable bonds is 6. The van der Waals surface area contributed by atoms with E-state index in [2.05, 4.69) is 15.6 Å². The lowest BCUT2D eigenvalue weighted by molar-refractivity contribution is -0.136. The summed E-state index contributed by atoms with van der Waals surface area (Å²) < 4.78 is 1.37. The molecule has 0 aliphatic heterocycles. The van der Waals surface area contributed by atoms with E-state index in [4.69, 9.17) is 22.4 Å². The molecule has 1 heterocycles. The average molecular weight is 430 g/mol. The van der Waals surface area contributed by atoms with Gasteiger partial charge < -0.3 is 21.5 Å². The summed E-state index contributed by atoms with van der Waals surface area (Å²) in [6, 6.07) is 10.5. The number of nitrogens with two attached hydrogens (primary N) is 1. The maximum Gasteiger partial charge on any atom is 0.319 e. The van der Waals surface area contributed by atoms with Crippen LogP contribution in [0.15, 0.2) is 47.3 Å². The highest BCUT2D eigenvalue weighted by molar-refractivity contribution is 6.35. The number of amides is 2. The molecule has 1 unspecified atom stereocenters. The van der Waals surface area contributed by atoms with E-state index in [0.717, 1.165) is 0 Å². The topological polar surface area (TPSA) is 139 Å². The third-order valence-electron chi connectivity index (χ3n) is 4.27. The first-order chi connectivity index (χ1) is 14.3. The number of urea groups is 1. The summed E-state index contributed by atoms with van der Waals surface area (Å²) in [5.41, 5.74) is 6.99. The summed E-state index contributed by atoms with van der Waals surface area (Å²) in [5, 5.41) is 14.2. The van der Waals surface area contributed by atoms with Gasteiger partial charge >= 0.3 is 12.0 Å². The molecule has 1 atom stereocenters. The van der Waals surface area contributed by atoms with Gasteiger partial charge in [0, 0.05) is 12.2 Å². The van der Waals surface area contributed by atoms with Crippen LogP contribution >= 0.6 is 11.6 Å². The number of halogens is 1. The Balaban J connectivity index is 2.01. The summed E-state index contributed by atoms with van der Waals surface area (Å²) >= 11 is 6.23. The van der Waals surface area contributed by atoms with Gasteiger partial charge in [0.1, 0.15) is 5.82 Å². The van der Waals surface area contributed by atoms with Crippen LogP contribution in [0.25, 0.3) is 16.6 Å². The van der Waals surface area contributed by atoms with Gasteiger partial charge in [0.25, 0.3) is 5.56 Å². The van der Waals surface area contributed by atoms with Gasteiger partial charge in [-0.05, 0) is 37.3 Å². The third kappa shape index (κ3) is 4.58. The van der Waals surface area contributed by atoms with Crippen LogP contribution in [0.1, 0.15) is 25.2 Å². The summed E-state index contributed by atoms with van der Waals surface area (Å²) in [5.74, 6) is -0.666. The molecule has 3 aromatic rings. The monoisotopic (exact) mass is 429 g/mol. The number of fused-ring (bicyclic) bond motifs is 1. The van der Waals surface area contributed by atoms with Crippen LogP contribution in [-0.4, -0.2) is 33.2 Å². The minimum atomic E-state index is -1.01. The molecule has 1 aromatic heterocycles. The van der Waals surface area contributed by atoms with Crippen molar-refractivity contribution in [2.45, 2.75) is 19.4 Å². The average Bonchev–Trinajstić information content (AvgIpc) is 2.67. The second kappa shape index (κ2) is 8.93. The summed E-state index contributed by atoms with van der Waals surface area (Å²) in [4.78, 5) is 40.3. The van der Waals surface area contributed by atoms with Gasteiger partial charge in [0.15, 0.2) is 0 Å². The van der Waals surface area contributed by atoms with Crippen molar-refractivity contribution in [2.75, 3.05) is 11.9 Å². The molecule has 0 aliphatic carbocycles. The van der Waals surface area contributed by atoms with E-state index in [0.29, 0.717) is 22.7 Å². The lowest BCUT2D eigenvalue weighted by atomic mass is 10.2. The molecule has 0 saturated heterocycles. The standard InChI is InChI=1S/C20H20ClN5O4/c1-11(22)18-25-15-7-3-6-14(21)17(15)19(29)26(18)13-5-2-4-12(10-13)24-20(30)23-9-8-16(27)28/h2-7,10-11H,8-9,22H2,1H3,(H,27,28)(H2,23,24,30). The highest BCUT2D eigenvalue weighted by atomic mass is 35.5. The van der Waals surface area contributed by atoms with Gasteiger partial charge in [-0.2, -0.15) is 0 Å². The van der Waals surface area contributed by atoms with Crippen molar-refractivity contribution in [2.24, 2.45) is 5.73 Å². The predicted molar refractivity (Wildman–Crippen MR) is 114 cm³/mol.